The molecule has 0 aliphatic heterocycles. The maximum Gasteiger partial charge on any atom is 0.0471 e. The van der Waals surface area contributed by atoms with Crippen molar-refractivity contribution in [3.05, 3.63) is 54.1 Å². The minimum Gasteiger partial charge on any atom is -0.350 e. The van der Waals surface area contributed by atoms with E-state index in [1.807, 2.05) is 24.5 Å². The minimum absolute atomic E-state index is 0.708. The van der Waals surface area contributed by atoms with Crippen LogP contribution in [0.1, 0.15) is 11.1 Å². The van der Waals surface area contributed by atoms with Crippen molar-refractivity contribution >= 4 is 0 Å². The summed E-state index contributed by atoms with van der Waals surface area (Å²) in [6, 6.07) is 6.18. The van der Waals surface area contributed by atoms with Gasteiger partial charge in [0.25, 0.3) is 0 Å². The number of aromatic nitrogens is 2. The Labute approximate surface area is 89.6 Å². The van der Waals surface area contributed by atoms with Crippen LogP contribution in [0.4, 0.5) is 0 Å². The molecule has 0 saturated heterocycles. The van der Waals surface area contributed by atoms with Crippen LogP contribution in [0.3, 0.4) is 0 Å². The number of nitrogens with two attached hydrogens (primary N) is 1. The topological polar surface area (TPSA) is 43.8 Å². The highest BCUT2D eigenvalue weighted by atomic mass is 14.9. The van der Waals surface area contributed by atoms with Crippen LogP contribution in [-0.4, -0.2) is 16.1 Å². The van der Waals surface area contributed by atoms with Crippen molar-refractivity contribution in [1.29, 1.82) is 0 Å². The Balaban J connectivity index is 2.05. The number of rotatable bonds is 4. The molecule has 2 heterocycles. The van der Waals surface area contributed by atoms with Gasteiger partial charge < -0.3 is 10.3 Å². The average molecular weight is 201 g/mol. The lowest BCUT2D eigenvalue weighted by Gasteiger charge is -2.01. The molecule has 2 aromatic heterocycles. The molecule has 0 radical (unpaired) electrons. The van der Waals surface area contributed by atoms with E-state index in [0.717, 1.165) is 13.0 Å². The number of nitrogens with zero attached hydrogens (tertiary/aromatic N) is 2. The van der Waals surface area contributed by atoms with Gasteiger partial charge in [-0.15, -0.1) is 0 Å². The number of pyridine rings is 1. The van der Waals surface area contributed by atoms with E-state index >= 15 is 0 Å². The second-order valence-corrected chi connectivity index (χ2v) is 3.59. The zero-order valence-electron chi connectivity index (χ0n) is 8.63. The summed E-state index contributed by atoms with van der Waals surface area (Å²) in [6.07, 6.45) is 8.82. The predicted molar refractivity (Wildman–Crippen MR) is 60.5 cm³/mol. The fourth-order valence-corrected chi connectivity index (χ4v) is 1.60. The molecule has 15 heavy (non-hydrogen) atoms. The molecule has 3 heteroatoms. The van der Waals surface area contributed by atoms with Gasteiger partial charge in [0.1, 0.15) is 0 Å². The summed E-state index contributed by atoms with van der Waals surface area (Å²) in [5.74, 6) is 0. The third-order valence-electron chi connectivity index (χ3n) is 2.36. The van der Waals surface area contributed by atoms with Gasteiger partial charge in [-0.05, 0) is 42.3 Å². The van der Waals surface area contributed by atoms with Gasteiger partial charge in [0.2, 0.25) is 0 Å². The van der Waals surface area contributed by atoms with E-state index in [1.165, 1.54) is 11.1 Å². The summed E-state index contributed by atoms with van der Waals surface area (Å²) in [5, 5.41) is 0. The fraction of sp³-hybridized carbons (Fsp3) is 0.250. The number of hydrogen-bond acceptors (Lipinski definition) is 2. The average Bonchev–Trinajstić information content (AvgIpc) is 2.68. The normalized spacial score (nSPS) is 10.5. The van der Waals surface area contributed by atoms with Crippen molar-refractivity contribution in [3.63, 3.8) is 0 Å². The first-order chi connectivity index (χ1) is 7.38. The van der Waals surface area contributed by atoms with Crippen molar-refractivity contribution < 1.29 is 0 Å². The van der Waals surface area contributed by atoms with E-state index in [9.17, 15) is 0 Å². The van der Waals surface area contributed by atoms with Crippen molar-refractivity contribution in [2.24, 2.45) is 5.73 Å². The number of hydrogen-bond donors (Lipinski definition) is 1. The molecule has 0 spiro atoms. The Morgan fingerprint density at radius 3 is 2.67 bits per heavy atom. The Kier molecular flexibility index (Phi) is 3.15. The van der Waals surface area contributed by atoms with Crippen molar-refractivity contribution in [2.75, 3.05) is 6.54 Å². The van der Waals surface area contributed by atoms with E-state index in [2.05, 4.69) is 28.0 Å². The molecule has 0 atom stereocenters. The maximum atomic E-state index is 5.50. The molecule has 2 aromatic rings. The summed E-state index contributed by atoms with van der Waals surface area (Å²) >= 11 is 0. The first kappa shape index (κ1) is 9.93. The van der Waals surface area contributed by atoms with Gasteiger partial charge in [-0.3, -0.25) is 4.98 Å². The lowest BCUT2D eigenvalue weighted by Crippen LogP contribution is -2.02. The molecule has 2 N–H and O–H groups in total. The highest BCUT2D eigenvalue weighted by Crippen LogP contribution is 2.05. The second-order valence-electron chi connectivity index (χ2n) is 3.59. The summed E-state index contributed by atoms with van der Waals surface area (Å²) in [7, 11) is 0. The quantitative estimate of drug-likeness (QED) is 0.813. The van der Waals surface area contributed by atoms with Crippen molar-refractivity contribution in [3.8, 4) is 0 Å². The molecule has 0 aliphatic carbocycles. The SMILES string of the molecule is NCCc1ccn(Cc2ccncc2)c1. The molecular formula is C12H15N3. The third-order valence-corrected chi connectivity index (χ3v) is 2.36. The van der Waals surface area contributed by atoms with Gasteiger partial charge in [-0.1, -0.05) is 0 Å². The monoisotopic (exact) mass is 201 g/mol. The Morgan fingerprint density at radius 2 is 1.93 bits per heavy atom. The molecule has 0 bridgehead atoms. The summed E-state index contributed by atoms with van der Waals surface area (Å²) in [6.45, 7) is 1.60. The van der Waals surface area contributed by atoms with Gasteiger partial charge in [-0.2, -0.15) is 0 Å². The smallest absolute Gasteiger partial charge is 0.0471 e. The zero-order chi connectivity index (χ0) is 10.5. The zero-order valence-corrected chi connectivity index (χ0v) is 8.63. The van der Waals surface area contributed by atoms with Crippen LogP contribution in [0.15, 0.2) is 43.0 Å². The summed E-state index contributed by atoms with van der Waals surface area (Å²) in [4.78, 5) is 4.00. The summed E-state index contributed by atoms with van der Waals surface area (Å²) < 4.78 is 2.17. The van der Waals surface area contributed by atoms with Crippen LogP contribution in [0.5, 0.6) is 0 Å². The lowest BCUT2D eigenvalue weighted by atomic mass is 10.2. The lowest BCUT2D eigenvalue weighted by molar-refractivity contribution is 0.799. The summed E-state index contributed by atoms with van der Waals surface area (Å²) in [5.41, 5.74) is 8.07. The minimum atomic E-state index is 0.708. The first-order valence-electron chi connectivity index (χ1n) is 5.12. The molecule has 2 rings (SSSR count). The predicted octanol–water partition coefficient (Wildman–Crippen LogP) is 1.43. The van der Waals surface area contributed by atoms with Gasteiger partial charge in [0.15, 0.2) is 0 Å². The fourth-order valence-electron chi connectivity index (χ4n) is 1.60. The Morgan fingerprint density at radius 1 is 1.13 bits per heavy atom. The van der Waals surface area contributed by atoms with Crippen molar-refractivity contribution in [2.45, 2.75) is 13.0 Å². The molecule has 0 amide bonds. The van der Waals surface area contributed by atoms with E-state index in [1.54, 1.807) is 0 Å². The van der Waals surface area contributed by atoms with E-state index in [-0.39, 0.29) is 0 Å². The molecular weight excluding hydrogens is 186 g/mol. The second kappa shape index (κ2) is 4.75. The standard InChI is InChI=1S/C12H15N3/c13-5-1-11-4-8-15(9-11)10-12-2-6-14-7-3-12/h2-4,6-9H,1,5,10,13H2. The van der Waals surface area contributed by atoms with Gasteiger partial charge in [0, 0.05) is 31.3 Å². The molecule has 0 fully saturated rings. The van der Waals surface area contributed by atoms with E-state index in [4.69, 9.17) is 5.73 Å². The largest absolute Gasteiger partial charge is 0.350 e. The Bertz CT molecular complexity index is 406. The molecule has 0 aromatic carbocycles. The van der Waals surface area contributed by atoms with Gasteiger partial charge in [0.05, 0.1) is 0 Å². The molecule has 78 valence electrons. The van der Waals surface area contributed by atoms with Crippen LogP contribution in [0.2, 0.25) is 0 Å². The van der Waals surface area contributed by atoms with Gasteiger partial charge >= 0.3 is 0 Å². The molecule has 0 unspecified atom stereocenters. The molecule has 0 saturated carbocycles. The van der Waals surface area contributed by atoms with E-state index in [0.29, 0.717) is 6.54 Å². The van der Waals surface area contributed by atoms with Crippen molar-refractivity contribution in [1.82, 2.24) is 9.55 Å². The van der Waals surface area contributed by atoms with Gasteiger partial charge in [-0.25, -0.2) is 0 Å². The molecule has 3 nitrogen and oxygen atoms in total. The van der Waals surface area contributed by atoms with Crippen LogP contribution in [-0.2, 0) is 13.0 Å². The van der Waals surface area contributed by atoms with E-state index < -0.39 is 0 Å². The van der Waals surface area contributed by atoms with Crippen LogP contribution < -0.4 is 5.73 Å². The third kappa shape index (κ3) is 2.67. The van der Waals surface area contributed by atoms with Crippen LogP contribution in [0.25, 0.3) is 0 Å². The van der Waals surface area contributed by atoms with Crippen LogP contribution in [0, 0.1) is 0 Å². The first-order valence-corrected chi connectivity index (χ1v) is 5.12. The molecule has 0 aliphatic rings. The highest BCUT2D eigenvalue weighted by Gasteiger charge is 1.97. The Hall–Kier alpha value is -1.61. The highest BCUT2D eigenvalue weighted by molar-refractivity contribution is 5.15. The maximum absolute atomic E-state index is 5.50. The van der Waals surface area contributed by atoms with Crippen LogP contribution >= 0.6 is 0 Å².